The summed E-state index contributed by atoms with van der Waals surface area (Å²) in [5.74, 6) is 0.208. The molecule has 0 amide bonds. The highest BCUT2D eigenvalue weighted by molar-refractivity contribution is 5.39. The molecule has 2 aromatic carbocycles. The molecule has 0 radical (unpaired) electrons. The molecule has 0 saturated heterocycles. The number of rotatable bonds is 4. The lowest BCUT2D eigenvalue weighted by molar-refractivity contribution is 0.102. The first-order valence-electron chi connectivity index (χ1n) is 6.65. The minimum absolute atomic E-state index is 0.208. The Morgan fingerprint density at radius 1 is 1.00 bits per heavy atom. The van der Waals surface area contributed by atoms with E-state index in [-0.39, 0.29) is 5.75 Å². The van der Waals surface area contributed by atoms with Crippen molar-refractivity contribution in [2.75, 3.05) is 0 Å². The van der Waals surface area contributed by atoms with Gasteiger partial charge in [0, 0.05) is 0 Å². The van der Waals surface area contributed by atoms with Gasteiger partial charge in [0.2, 0.25) is 0 Å². The molecule has 2 nitrogen and oxygen atoms in total. The molecule has 0 fully saturated rings. The van der Waals surface area contributed by atoms with Crippen LogP contribution in [0.4, 0.5) is 0 Å². The van der Waals surface area contributed by atoms with E-state index in [0.717, 1.165) is 24.0 Å². The molecule has 0 saturated carbocycles. The molecule has 2 aromatic rings. The Balaban J connectivity index is 2.37. The minimum Gasteiger partial charge on any atom is -0.508 e. The maximum Gasteiger partial charge on any atom is 0.115 e. The smallest absolute Gasteiger partial charge is 0.115 e. The summed E-state index contributed by atoms with van der Waals surface area (Å²) in [7, 11) is 0. The van der Waals surface area contributed by atoms with E-state index in [1.807, 2.05) is 12.1 Å². The number of aliphatic hydroxyl groups is 1. The summed E-state index contributed by atoms with van der Waals surface area (Å²) in [6.07, 6.45) is 2.10. The third-order valence-electron chi connectivity index (χ3n) is 3.46. The fourth-order valence-electron chi connectivity index (χ4n) is 2.27. The molecule has 2 N–H and O–H groups in total. The third kappa shape index (κ3) is 2.96. The maximum absolute atomic E-state index is 10.8. The largest absolute Gasteiger partial charge is 0.508 e. The fourth-order valence-corrected chi connectivity index (χ4v) is 2.27. The van der Waals surface area contributed by atoms with Gasteiger partial charge >= 0.3 is 0 Å². The van der Waals surface area contributed by atoms with Gasteiger partial charge in [-0.25, -0.2) is 0 Å². The standard InChI is InChI=1S/C17H20O2/c1-3-5-13-6-4-7-15(12-13)17(2,19)14-8-10-16(18)11-9-14/h4,6-12,18-19H,3,5H2,1-2H3. The van der Waals surface area contributed by atoms with Crippen LogP contribution >= 0.6 is 0 Å². The molecule has 2 heteroatoms. The number of phenolic OH excluding ortho intramolecular Hbond substituents is 1. The van der Waals surface area contributed by atoms with Crippen molar-refractivity contribution in [1.29, 1.82) is 0 Å². The van der Waals surface area contributed by atoms with Gasteiger partial charge in [-0.05, 0) is 42.2 Å². The van der Waals surface area contributed by atoms with E-state index in [0.29, 0.717) is 0 Å². The predicted octanol–water partition coefficient (Wildman–Crippen LogP) is 3.60. The summed E-state index contributed by atoms with van der Waals surface area (Å²) in [6.45, 7) is 3.93. The van der Waals surface area contributed by atoms with Crippen molar-refractivity contribution in [3.63, 3.8) is 0 Å². The van der Waals surface area contributed by atoms with Gasteiger partial charge in [-0.15, -0.1) is 0 Å². The lowest BCUT2D eigenvalue weighted by atomic mass is 9.87. The van der Waals surface area contributed by atoms with Crippen LogP contribution in [0.2, 0.25) is 0 Å². The van der Waals surface area contributed by atoms with Crippen molar-refractivity contribution >= 4 is 0 Å². The summed E-state index contributed by atoms with van der Waals surface area (Å²) >= 11 is 0. The number of hydrogen-bond acceptors (Lipinski definition) is 2. The van der Waals surface area contributed by atoms with Crippen molar-refractivity contribution in [1.82, 2.24) is 0 Å². The Morgan fingerprint density at radius 3 is 2.32 bits per heavy atom. The van der Waals surface area contributed by atoms with Crippen LogP contribution in [0.5, 0.6) is 5.75 Å². The van der Waals surface area contributed by atoms with Crippen LogP contribution in [-0.2, 0) is 12.0 Å². The molecule has 0 aliphatic heterocycles. The van der Waals surface area contributed by atoms with E-state index in [2.05, 4.69) is 19.1 Å². The van der Waals surface area contributed by atoms with Crippen molar-refractivity contribution in [2.45, 2.75) is 32.3 Å². The molecule has 1 unspecified atom stereocenters. The van der Waals surface area contributed by atoms with Gasteiger partial charge in [0.05, 0.1) is 0 Å². The minimum atomic E-state index is -1.04. The van der Waals surface area contributed by atoms with Crippen LogP contribution < -0.4 is 0 Å². The van der Waals surface area contributed by atoms with Gasteiger partial charge in [-0.2, -0.15) is 0 Å². The Morgan fingerprint density at radius 2 is 1.68 bits per heavy atom. The van der Waals surface area contributed by atoms with Crippen LogP contribution in [0.15, 0.2) is 48.5 Å². The highest BCUT2D eigenvalue weighted by atomic mass is 16.3. The van der Waals surface area contributed by atoms with Crippen molar-refractivity contribution in [2.24, 2.45) is 0 Å². The van der Waals surface area contributed by atoms with E-state index in [9.17, 15) is 10.2 Å². The van der Waals surface area contributed by atoms with Crippen LogP contribution in [0.1, 0.15) is 37.0 Å². The van der Waals surface area contributed by atoms with Gasteiger partial charge in [-0.3, -0.25) is 0 Å². The number of aryl methyl sites for hydroxylation is 1. The topological polar surface area (TPSA) is 40.5 Å². The molecule has 0 spiro atoms. The molecule has 0 aliphatic rings. The van der Waals surface area contributed by atoms with Crippen molar-refractivity contribution < 1.29 is 10.2 Å². The first-order valence-corrected chi connectivity index (χ1v) is 6.65. The third-order valence-corrected chi connectivity index (χ3v) is 3.46. The molecule has 0 bridgehead atoms. The van der Waals surface area contributed by atoms with Gasteiger partial charge in [0.25, 0.3) is 0 Å². The van der Waals surface area contributed by atoms with E-state index in [1.54, 1.807) is 31.2 Å². The first-order chi connectivity index (χ1) is 9.04. The lowest BCUT2D eigenvalue weighted by Gasteiger charge is -2.25. The molecule has 100 valence electrons. The molecule has 0 aromatic heterocycles. The summed E-state index contributed by atoms with van der Waals surface area (Å²) < 4.78 is 0. The highest BCUT2D eigenvalue weighted by Gasteiger charge is 2.25. The Bertz CT molecular complexity index is 541. The monoisotopic (exact) mass is 256 g/mol. The second-order valence-electron chi connectivity index (χ2n) is 5.07. The normalized spacial score (nSPS) is 14.1. The molecule has 0 aliphatic carbocycles. The average Bonchev–Trinajstić information content (AvgIpc) is 2.40. The second-order valence-corrected chi connectivity index (χ2v) is 5.07. The van der Waals surface area contributed by atoms with Crippen LogP contribution in [0.25, 0.3) is 0 Å². The fraction of sp³-hybridized carbons (Fsp3) is 0.294. The Hall–Kier alpha value is -1.80. The zero-order chi connectivity index (χ0) is 13.9. The Kier molecular flexibility index (Phi) is 3.91. The number of aromatic hydroxyl groups is 1. The SMILES string of the molecule is CCCc1cccc(C(C)(O)c2ccc(O)cc2)c1. The highest BCUT2D eigenvalue weighted by Crippen LogP contribution is 2.30. The van der Waals surface area contributed by atoms with Crippen LogP contribution in [0, 0.1) is 0 Å². The molecular formula is C17H20O2. The van der Waals surface area contributed by atoms with E-state index in [1.165, 1.54) is 5.56 Å². The average molecular weight is 256 g/mol. The van der Waals surface area contributed by atoms with E-state index in [4.69, 9.17) is 0 Å². The predicted molar refractivity (Wildman–Crippen MR) is 77.2 cm³/mol. The molecule has 1 atom stereocenters. The number of hydrogen-bond donors (Lipinski definition) is 2. The van der Waals surface area contributed by atoms with Crippen molar-refractivity contribution in [3.8, 4) is 5.75 Å². The van der Waals surface area contributed by atoms with Crippen LogP contribution in [0.3, 0.4) is 0 Å². The van der Waals surface area contributed by atoms with Gasteiger partial charge in [0.1, 0.15) is 11.4 Å². The summed E-state index contributed by atoms with van der Waals surface area (Å²) in [6, 6.07) is 14.8. The quantitative estimate of drug-likeness (QED) is 0.877. The van der Waals surface area contributed by atoms with Gasteiger partial charge in [0.15, 0.2) is 0 Å². The molecule has 2 rings (SSSR count). The zero-order valence-electron chi connectivity index (χ0n) is 11.4. The number of benzene rings is 2. The second kappa shape index (κ2) is 5.45. The van der Waals surface area contributed by atoms with Crippen molar-refractivity contribution in [3.05, 3.63) is 65.2 Å². The number of phenols is 1. The first kappa shape index (κ1) is 13.6. The van der Waals surface area contributed by atoms with Gasteiger partial charge in [-0.1, -0.05) is 49.7 Å². The molecular weight excluding hydrogens is 236 g/mol. The van der Waals surface area contributed by atoms with E-state index < -0.39 is 5.60 Å². The Labute approximate surface area is 114 Å². The lowest BCUT2D eigenvalue weighted by Crippen LogP contribution is -2.22. The summed E-state index contributed by atoms with van der Waals surface area (Å²) in [5.41, 5.74) is 1.85. The molecule has 0 heterocycles. The zero-order valence-corrected chi connectivity index (χ0v) is 11.4. The van der Waals surface area contributed by atoms with Crippen LogP contribution in [-0.4, -0.2) is 10.2 Å². The summed E-state index contributed by atoms with van der Waals surface area (Å²) in [4.78, 5) is 0. The summed E-state index contributed by atoms with van der Waals surface area (Å²) in [5, 5.41) is 20.1. The molecule has 19 heavy (non-hydrogen) atoms. The van der Waals surface area contributed by atoms with Gasteiger partial charge < -0.3 is 10.2 Å². The van der Waals surface area contributed by atoms with E-state index >= 15 is 0 Å². The maximum atomic E-state index is 10.8.